The molecule has 3 aromatic rings. The molecule has 0 unspecified atom stereocenters. The predicted octanol–water partition coefficient (Wildman–Crippen LogP) is 2.73. The Labute approximate surface area is 132 Å². The number of nitrogens with zero attached hydrogens (tertiary/aromatic N) is 3. The highest BCUT2D eigenvalue weighted by atomic mass is 16.2. The fourth-order valence-electron chi connectivity index (χ4n) is 2.84. The molecule has 0 saturated carbocycles. The van der Waals surface area contributed by atoms with Gasteiger partial charge >= 0.3 is 0 Å². The van der Waals surface area contributed by atoms with Crippen LogP contribution in [-0.4, -0.2) is 21.6 Å². The molecule has 0 radical (unpaired) electrons. The molecular formula is C18H13N3O2. The van der Waals surface area contributed by atoms with E-state index in [1.165, 1.54) is 4.90 Å². The van der Waals surface area contributed by atoms with Gasteiger partial charge in [-0.2, -0.15) is 5.10 Å². The van der Waals surface area contributed by atoms with Gasteiger partial charge in [0.2, 0.25) is 0 Å². The van der Waals surface area contributed by atoms with Crippen molar-refractivity contribution in [3.8, 4) is 0 Å². The lowest BCUT2D eigenvalue weighted by Crippen LogP contribution is -2.30. The summed E-state index contributed by atoms with van der Waals surface area (Å²) in [6.45, 7) is 0.497. The summed E-state index contributed by atoms with van der Waals surface area (Å²) >= 11 is 0. The molecule has 0 fully saturated rings. The Bertz CT molecular complexity index is 865. The summed E-state index contributed by atoms with van der Waals surface area (Å²) in [4.78, 5) is 26.5. The number of para-hydroxylation sites is 1. The number of amides is 2. The zero-order valence-corrected chi connectivity index (χ0v) is 12.2. The molecule has 0 spiro atoms. The van der Waals surface area contributed by atoms with Gasteiger partial charge in [0.15, 0.2) is 0 Å². The molecule has 0 N–H and O–H groups in total. The summed E-state index contributed by atoms with van der Waals surface area (Å²) in [5, 5.41) is 4.19. The van der Waals surface area contributed by atoms with Crippen LogP contribution in [0.4, 0.5) is 5.69 Å². The number of imide groups is 1. The minimum absolute atomic E-state index is 0.279. The Kier molecular flexibility index (Phi) is 3.05. The van der Waals surface area contributed by atoms with Crippen molar-refractivity contribution in [2.75, 3.05) is 4.90 Å². The molecule has 1 aliphatic heterocycles. The standard InChI is InChI=1S/C18H13N3O2/c22-17-14-7-2-3-8-15(14)18(23)21(17)16-9-4-1-6-13(16)12-20-11-5-10-19-20/h1-11H,12H2. The second kappa shape index (κ2) is 5.21. The van der Waals surface area contributed by atoms with Crippen LogP contribution in [0.1, 0.15) is 26.3 Å². The van der Waals surface area contributed by atoms with Gasteiger partial charge in [0.25, 0.3) is 11.8 Å². The van der Waals surface area contributed by atoms with E-state index in [2.05, 4.69) is 5.10 Å². The van der Waals surface area contributed by atoms with Crippen LogP contribution in [-0.2, 0) is 6.54 Å². The summed E-state index contributed by atoms with van der Waals surface area (Å²) < 4.78 is 1.76. The van der Waals surface area contributed by atoms with Gasteiger partial charge in [-0.1, -0.05) is 30.3 Å². The third-order valence-electron chi connectivity index (χ3n) is 3.92. The molecule has 0 saturated heterocycles. The first-order valence-electron chi connectivity index (χ1n) is 7.29. The van der Waals surface area contributed by atoms with Crippen molar-refractivity contribution < 1.29 is 9.59 Å². The highest BCUT2D eigenvalue weighted by Crippen LogP contribution is 2.30. The van der Waals surface area contributed by atoms with E-state index in [9.17, 15) is 9.59 Å². The van der Waals surface area contributed by atoms with Gasteiger partial charge in [0.1, 0.15) is 0 Å². The van der Waals surface area contributed by atoms with Gasteiger partial charge in [-0.05, 0) is 29.8 Å². The van der Waals surface area contributed by atoms with Crippen molar-refractivity contribution in [3.05, 3.63) is 83.7 Å². The molecule has 0 atom stereocenters. The molecule has 4 rings (SSSR count). The zero-order valence-electron chi connectivity index (χ0n) is 12.2. The fraction of sp³-hybridized carbons (Fsp3) is 0.0556. The molecule has 2 heterocycles. The number of anilines is 1. The molecule has 112 valence electrons. The summed E-state index contributed by atoms with van der Waals surface area (Å²) in [6, 6.07) is 16.2. The average Bonchev–Trinajstić information content (AvgIpc) is 3.17. The minimum atomic E-state index is -0.279. The fourth-order valence-corrected chi connectivity index (χ4v) is 2.84. The van der Waals surface area contributed by atoms with E-state index in [-0.39, 0.29) is 11.8 Å². The molecule has 5 nitrogen and oxygen atoms in total. The summed E-state index contributed by atoms with van der Waals surface area (Å²) in [5.74, 6) is -0.558. The number of rotatable bonds is 3. The second-order valence-corrected chi connectivity index (χ2v) is 5.32. The van der Waals surface area contributed by atoms with Crippen LogP contribution in [0.25, 0.3) is 0 Å². The van der Waals surface area contributed by atoms with Gasteiger partial charge < -0.3 is 0 Å². The topological polar surface area (TPSA) is 55.2 Å². The van der Waals surface area contributed by atoms with Crippen LogP contribution in [0.15, 0.2) is 67.0 Å². The lowest BCUT2D eigenvalue weighted by Gasteiger charge is -2.18. The second-order valence-electron chi connectivity index (χ2n) is 5.32. The first kappa shape index (κ1) is 13.5. The van der Waals surface area contributed by atoms with Crippen LogP contribution in [0.5, 0.6) is 0 Å². The first-order valence-corrected chi connectivity index (χ1v) is 7.29. The summed E-state index contributed by atoms with van der Waals surface area (Å²) in [5.41, 5.74) is 2.37. The Hall–Kier alpha value is -3.21. The summed E-state index contributed by atoms with van der Waals surface area (Å²) in [7, 11) is 0. The van der Waals surface area contributed by atoms with E-state index < -0.39 is 0 Å². The maximum absolute atomic E-state index is 12.6. The highest BCUT2D eigenvalue weighted by molar-refractivity contribution is 6.34. The number of aromatic nitrogens is 2. The average molecular weight is 303 g/mol. The number of carbonyl (C=O) groups excluding carboxylic acids is 2. The first-order chi connectivity index (χ1) is 11.3. The summed E-state index contributed by atoms with van der Waals surface area (Å²) in [6.07, 6.45) is 3.55. The van der Waals surface area contributed by atoms with Gasteiger partial charge in [-0.3, -0.25) is 14.3 Å². The van der Waals surface area contributed by atoms with Crippen molar-refractivity contribution in [1.82, 2.24) is 9.78 Å². The van der Waals surface area contributed by atoms with Gasteiger partial charge in [0, 0.05) is 12.4 Å². The Balaban J connectivity index is 1.78. The number of benzene rings is 2. The van der Waals surface area contributed by atoms with Crippen LogP contribution < -0.4 is 4.90 Å². The number of fused-ring (bicyclic) bond motifs is 1. The van der Waals surface area contributed by atoms with Crippen molar-refractivity contribution >= 4 is 17.5 Å². The van der Waals surface area contributed by atoms with Gasteiger partial charge in [-0.15, -0.1) is 0 Å². The molecule has 23 heavy (non-hydrogen) atoms. The predicted molar refractivity (Wildman–Crippen MR) is 85.4 cm³/mol. The molecule has 0 aliphatic carbocycles. The third kappa shape index (κ3) is 2.14. The van der Waals surface area contributed by atoms with Crippen molar-refractivity contribution in [2.24, 2.45) is 0 Å². The Morgan fingerprint density at radius 1 is 0.826 bits per heavy atom. The number of hydrogen-bond donors (Lipinski definition) is 0. The quantitative estimate of drug-likeness (QED) is 0.699. The normalized spacial score (nSPS) is 13.5. The Morgan fingerprint density at radius 3 is 2.13 bits per heavy atom. The molecule has 2 amide bonds. The number of hydrogen-bond acceptors (Lipinski definition) is 3. The minimum Gasteiger partial charge on any atom is -0.268 e. The maximum Gasteiger partial charge on any atom is 0.266 e. The van der Waals surface area contributed by atoms with E-state index in [0.717, 1.165) is 5.56 Å². The van der Waals surface area contributed by atoms with Crippen LogP contribution >= 0.6 is 0 Å². The van der Waals surface area contributed by atoms with Crippen LogP contribution in [0, 0.1) is 0 Å². The monoisotopic (exact) mass is 303 g/mol. The van der Waals surface area contributed by atoms with E-state index in [4.69, 9.17) is 0 Å². The van der Waals surface area contributed by atoms with Crippen molar-refractivity contribution in [3.63, 3.8) is 0 Å². The van der Waals surface area contributed by atoms with E-state index in [1.807, 2.05) is 30.5 Å². The highest BCUT2D eigenvalue weighted by Gasteiger charge is 2.37. The molecule has 1 aromatic heterocycles. The lowest BCUT2D eigenvalue weighted by molar-refractivity contribution is 0.0926. The maximum atomic E-state index is 12.6. The molecular weight excluding hydrogens is 290 g/mol. The smallest absolute Gasteiger partial charge is 0.266 e. The third-order valence-corrected chi connectivity index (χ3v) is 3.92. The van der Waals surface area contributed by atoms with Crippen LogP contribution in [0.3, 0.4) is 0 Å². The molecule has 1 aliphatic rings. The van der Waals surface area contributed by atoms with Gasteiger partial charge in [-0.25, -0.2) is 4.90 Å². The van der Waals surface area contributed by atoms with E-state index in [1.54, 1.807) is 41.2 Å². The lowest BCUT2D eigenvalue weighted by atomic mass is 10.1. The molecule has 0 bridgehead atoms. The Morgan fingerprint density at radius 2 is 1.48 bits per heavy atom. The molecule has 5 heteroatoms. The van der Waals surface area contributed by atoms with E-state index >= 15 is 0 Å². The SMILES string of the molecule is O=C1c2ccccc2C(=O)N1c1ccccc1Cn1cccn1. The zero-order chi connectivity index (χ0) is 15.8. The van der Waals surface area contributed by atoms with Crippen molar-refractivity contribution in [2.45, 2.75) is 6.54 Å². The van der Waals surface area contributed by atoms with Gasteiger partial charge in [0.05, 0.1) is 23.4 Å². The van der Waals surface area contributed by atoms with Crippen molar-refractivity contribution in [1.29, 1.82) is 0 Å². The molecule has 2 aromatic carbocycles. The van der Waals surface area contributed by atoms with Crippen LogP contribution in [0.2, 0.25) is 0 Å². The number of carbonyl (C=O) groups is 2. The van der Waals surface area contributed by atoms with E-state index in [0.29, 0.717) is 23.4 Å². The largest absolute Gasteiger partial charge is 0.268 e.